The maximum atomic E-state index is 12.0. The Balaban J connectivity index is 4.09. The van der Waals surface area contributed by atoms with Crippen LogP contribution in [-0.4, -0.2) is 37.7 Å². The Morgan fingerprint density at radius 1 is 1.50 bits per heavy atom. The first-order valence-electron chi connectivity index (χ1n) is 4.86. The smallest absolute Gasteiger partial charge is 0.251 e. The largest absolute Gasteiger partial charge is 0.303 e. The normalized spacial score (nSPS) is 15.9. The van der Waals surface area contributed by atoms with Gasteiger partial charge in [-0.2, -0.15) is 0 Å². The molecule has 0 saturated heterocycles. The van der Waals surface area contributed by atoms with Gasteiger partial charge in [0.1, 0.15) is 6.29 Å². The second kappa shape index (κ2) is 6.06. The summed E-state index contributed by atoms with van der Waals surface area (Å²) in [6.45, 7) is 3.92. The van der Waals surface area contributed by atoms with E-state index in [4.69, 9.17) is 0 Å². The van der Waals surface area contributed by atoms with E-state index in [1.165, 1.54) is 4.90 Å². The summed E-state index contributed by atoms with van der Waals surface area (Å²) in [5.74, 6) is 0. The Labute approximate surface area is 84.3 Å². The van der Waals surface area contributed by atoms with E-state index in [0.29, 0.717) is 6.54 Å². The van der Waals surface area contributed by atoms with Gasteiger partial charge in [0.05, 0.1) is 6.54 Å². The fraction of sp³-hybridized carbons (Fsp3) is 0.900. The van der Waals surface area contributed by atoms with Crippen LogP contribution in [0.5, 0.6) is 0 Å². The molecule has 0 radical (unpaired) electrons. The van der Waals surface area contributed by atoms with Crippen molar-refractivity contribution in [2.45, 2.75) is 33.1 Å². The summed E-state index contributed by atoms with van der Waals surface area (Å²) < 4.78 is 24.0. The molecule has 14 heavy (non-hydrogen) atoms. The van der Waals surface area contributed by atoms with Crippen LogP contribution in [0.25, 0.3) is 0 Å². The first-order valence-corrected chi connectivity index (χ1v) is 4.86. The number of carbonyl (C=O) groups is 1. The van der Waals surface area contributed by atoms with Crippen LogP contribution in [0.15, 0.2) is 0 Å². The van der Waals surface area contributed by atoms with Crippen LogP contribution in [0.2, 0.25) is 0 Å². The molecule has 1 unspecified atom stereocenters. The van der Waals surface area contributed by atoms with E-state index < -0.39 is 11.8 Å². The second-order valence-electron chi connectivity index (χ2n) is 4.11. The molecule has 0 amide bonds. The predicted octanol–water partition coefficient (Wildman–Crippen LogP) is 2.19. The summed E-state index contributed by atoms with van der Waals surface area (Å²) in [7, 11) is 1.61. The Kier molecular flexibility index (Phi) is 5.84. The molecule has 0 aromatic rings. The third kappa shape index (κ3) is 5.27. The van der Waals surface area contributed by atoms with Gasteiger partial charge in [-0.15, -0.1) is 0 Å². The van der Waals surface area contributed by atoms with Crippen molar-refractivity contribution in [1.29, 1.82) is 0 Å². The molecule has 1 atom stereocenters. The summed E-state index contributed by atoms with van der Waals surface area (Å²) >= 11 is 0. The third-order valence-electron chi connectivity index (χ3n) is 2.19. The topological polar surface area (TPSA) is 20.3 Å². The van der Waals surface area contributed by atoms with Gasteiger partial charge in [0.2, 0.25) is 0 Å². The van der Waals surface area contributed by atoms with Gasteiger partial charge in [-0.25, -0.2) is 8.78 Å². The van der Waals surface area contributed by atoms with Crippen LogP contribution >= 0.6 is 0 Å². The van der Waals surface area contributed by atoms with Crippen LogP contribution < -0.4 is 0 Å². The maximum absolute atomic E-state index is 12.0. The van der Waals surface area contributed by atoms with Crippen molar-refractivity contribution in [2.24, 2.45) is 5.41 Å². The number of hydrogen-bond donors (Lipinski definition) is 0. The van der Waals surface area contributed by atoms with Crippen LogP contribution in [0.3, 0.4) is 0 Å². The Morgan fingerprint density at radius 3 is 2.43 bits per heavy atom. The minimum atomic E-state index is -2.34. The number of carbonyl (C=O) groups excluding carboxylic acids is 1. The minimum Gasteiger partial charge on any atom is -0.303 e. The van der Waals surface area contributed by atoms with Crippen molar-refractivity contribution in [3.05, 3.63) is 0 Å². The lowest BCUT2D eigenvalue weighted by Gasteiger charge is -2.28. The third-order valence-corrected chi connectivity index (χ3v) is 2.19. The lowest BCUT2D eigenvalue weighted by atomic mass is 9.87. The van der Waals surface area contributed by atoms with Gasteiger partial charge in [-0.05, 0) is 13.5 Å². The Bertz CT molecular complexity index is 176. The van der Waals surface area contributed by atoms with Crippen LogP contribution in [0.4, 0.5) is 8.78 Å². The summed E-state index contributed by atoms with van der Waals surface area (Å²) in [5, 5.41) is 0. The summed E-state index contributed by atoms with van der Waals surface area (Å²) in [5.41, 5.74) is -0.488. The SMILES string of the molecule is CCCC(C)(C=O)CN(C)CC(F)F. The van der Waals surface area contributed by atoms with Crippen LogP contribution in [-0.2, 0) is 4.79 Å². The van der Waals surface area contributed by atoms with Gasteiger partial charge < -0.3 is 4.79 Å². The molecule has 0 aliphatic rings. The summed E-state index contributed by atoms with van der Waals surface area (Å²) in [4.78, 5) is 12.3. The average molecular weight is 207 g/mol. The van der Waals surface area contributed by atoms with E-state index in [0.717, 1.165) is 19.1 Å². The van der Waals surface area contributed by atoms with Crippen molar-refractivity contribution < 1.29 is 13.6 Å². The molecule has 0 aliphatic carbocycles. The van der Waals surface area contributed by atoms with Gasteiger partial charge in [0.15, 0.2) is 0 Å². The van der Waals surface area contributed by atoms with E-state index in [2.05, 4.69) is 0 Å². The Morgan fingerprint density at radius 2 is 2.07 bits per heavy atom. The molecule has 0 rings (SSSR count). The first-order chi connectivity index (χ1) is 6.43. The molecule has 0 aliphatic heterocycles. The molecular formula is C10H19F2NO. The molecule has 0 aromatic heterocycles. The van der Waals surface area contributed by atoms with Crippen molar-refractivity contribution in [3.8, 4) is 0 Å². The number of aldehydes is 1. The zero-order valence-electron chi connectivity index (χ0n) is 9.09. The van der Waals surface area contributed by atoms with E-state index in [-0.39, 0.29) is 6.54 Å². The highest BCUT2D eigenvalue weighted by molar-refractivity contribution is 5.58. The summed E-state index contributed by atoms with van der Waals surface area (Å²) in [6.07, 6.45) is 0.165. The molecule has 0 fully saturated rings. The van der Waals surface area contributed by atoms with Crippen molar-refractivity contribution in [2.75, 3.05) is 20.1 Å². The molecule has 0 bridgehead atoms. The molecule has 0 heterocycles. The number of rotatable bonds is 7. The van der Waals surface area contributed by atoms with Crippen molar-refractivity contribution >= 4 is 6.29 Å². The molecule has 4 heteroatoms. The number of alkyl halides is 2. The zero-order chi connectivity index (χ0) is 11.2. The number of halogens is 2. The highest BCUT2D eigenvalue weighted by Gasteiger charge is 2.25. The van der Waals surface area contributed by atoms with E-state index >= 15 is 0 Å². The van der Waals surface area contributed by atoms with Gasteiger partial charge in [-0.1, -0.05) is 20.3 Å². The van der Waals surface area contributed by atoms with Gasteiger partial charge in [-0.3, -0.25) is 4.90 Å². The van der Waals surface area contributed by atoms with Gasteiger partial charge >= 0.3 is 0 Å². The minimum absolute atomic E-state index is 0.271. The highest BCUT2D eigenvalue weighted by Crippen LogP contribution is 2.21. The second-order valence-corrected chi connectivity index (χ2v) is 4.11. The van der Waals surface area contributed by atoms with Crippen molar-refractivity contribution in [3.63, 3.8) is 0 Å². The standard InChI is InChI=1S/C10H19F2NO/c1-4-5-10(2,8-14)7-13(3)6-9(11)12/h8-9H,4-7H2,1-3H3. The van der Waals surface area contributed by atoms with Gasteiger partial charge in [0, 0.05) is 12.0 Å². The van der Waals surface area contributed by atoms with E-state index in [9.17, 15) is 13.6 Å². The molecule has 2 nitrogen and oxygen atoms in total. The quantitative estimate of drug-likeness (QED) is 0.596. The maximum Gasteiger partial charge on any atom is 0.251 e. The lowest BCUT2D eigenvalue weighted by Crippen LogP contribution is -2.37. The van der Waals surface area contributed by atoms with Crippen LogP contribution in [0.1, 0.15) is 26.7 Å². The average Bonchev–Trinajstić information content (AvgIpc) is 2.02. The molecule has 0 N–H and O–H groups in total. The summed E-state index contributed by atoms with van der Waals surface area (Å²) in [6, 6.07) is 0. The number of hydrogen-bond acceptors (Lipinski definition) is 2. The monoisotopic (exact) mass is 207 g/mol. The molecule has 0 saturated carbocycles. The molecule has 0 spiro atoms. The van der Waals surface area contributed by atoms with Crippen molar-refractivity contribution in [1.82, 2.24) is 4.90 Å². The fourth-order valence-corrected chi connectivity index (χ4v) is 1.66. The highest BCUT2D eigenvalue weighted by atomic mass is 19.3. The first kappa shape index (κ1) is 13.5. The molecular weight excluding hydrogens is 188 g/mol. The fourth-order valence-electron chi connectivity index (χ4n) is 1.66. The van der Waals surface area contributed by atoms with Crippen LogP contribution in [0, 0.1) is 5.41 Å². The Hall–Kier alpha value is -0.510. The lowest BCUT2D eigenvalue weighted by molar-refractivity contribution is -0.117. The van der Waals surface area contributed by atoms with Gasteiger partial charge in [0.25, 0.3) is 6.43 Å². The predicted molar refractivity (Wildman–Crippen MR) is 52.6 cm³/mol. The van der Waals surface area contributed by atoms with E-state index in [1.54, 1.807) is 7.05 Å². The molecule has 84 valence electrons. The number of nitrogens with zero attached hydrogens (tertiary/aromatic N) is 1. The molecule has 0 aromatic carbocycles. The zero-order valence-corrected chi connectivity index (χ0v) is 9.09. The van der Waals surface area contributed by atoms with E-state index in [1.807, 2.05) is 13.8 Å².